The molecule has 0 fully saturated rings. The molecule has 1 unspecified atom stereocenters. The van der Waals surface area contributed by atoms with Gasteiger partial charge >= 0.3 is 5.76 Å². The minimum absolute atomic E-state index is 0.148. The quantitative estimate of drug-likeness (QED) is 0.293. The highest BCUT2D eigenvalue weighted by Gasteiger charge is 2.50. The second kappa shape index (κ2) is 7.83. The largest absolute Gasteiger partial charge is 0.434 e. The van der Waals surface area contributed by atoms with E-state index in [1.165, 1.54) is 6.07 Å². The number of imidazole rings is 1. The summed E-state index contributed by atoms with van der Waals surface area (Å²) in [6, 6.07) is 10.6. The monoisotopic (exact) mass is 497 g/mol. The molecule has 0 bridgehead atoms. The van der Waals surface area contributed by atoms with E-state index < -0.39 is 17.1 Å². The van der Waals surface area contributed by atoms with Crippen molar-refractivity contribution in [1.82, 2.24) is 45.2 Å². The van der Waals surface area contributed by atoms with Crippen molar-refractivity contribution in [2.45, 2.75) is 18.0 Å². The number of benzene rings is 1. The number of H-pyrrole nitrogens is 3. The molecule has 6 heterocycles. The number of pyridine rings is 1. The Labute approximate surface area is 207 Å². The van der Waals surface area contributed by atoms with Crippen molar-refractivity contribution in [3.8, 4) is 11.4 Å². The van der Waals surface area contributed by atoms with Gasteiger partial charge in [0, 0.05) is 35.9 Å². The predicted octanol–water partition coefficient (Wildman–Crippen LogP) is 2.68. The summed E-state index contributed by atoms with van der Waals surface area (Å²) in [5, 5.41) is 15.7. The van der Waals surface area contributed by atoms with E-state index in [9.17, 15) is 9.18 Å². The normalized spacial score (nSPS) is 19.4. The Morgan fingerprint density at radius 1 is 1.16 bits per heavy atom. The Hall–Kier alpha value is -4.84. The van der Waals surface area contributed by atoms with Crippen LogP contribution >= 0.6 is 0 Å². The topological polar surface area (TPSA) is 146 Å². The van der Waals surface area contributed by atoms with E-state index in [2.05, 4.69) is 41.6 Å². The second-order valence-corrected chi connectivity index (χ2v) is 9.03. The number of aromatic amines is 3. The smallest absolute Gasteiger partial charge is 0.390 e. The van der Waals surface area contributed by atoms with Crippen LogP contribution < -0.4 is 11.1 Å². The molecule has 1 aliphatic heterocycles. The van der Waals surface area contributed by atoms with Crippen LogP contribution in [-0.4, -0.2) is 39.9 Å². The number of para-hydroxylation sites is 1. The first-order valence-electron chi connectivity index (χ1n) is 11.6. The highest BCUT2D eigenvalue weighted by atomic mass is 19.1. The van der Waals surface area contributed by atoms with Gasteiger partial charge in [-0.3, -0.25) is 15.0 Å². The van der Waals surface area contributed by atoms with Crippen LogP contribution in [-0.2, 0) is 19.0 Å². The van der Waals surface area contributed by atoms with E-state index in [1.54, 1.807) is 23.1 Å². The standard InChI is InChI=1S/C25H20FN9O2/c1-35-12-13(9-29-35)25(23-33-34-24(36)37-23)21-16(15-4-2-3-5-17(15)30-21)8-19(32-25)22-28-11-20(31-22)18-7-6-14(26)10-27-18/h2-7,9-12,19,30,32H,8H2,1H3,(H,28,31)(H,34,36)/t19-,25?/m1/s1. The predicted molar refractivity (Wildman–Crippen MR) is 130 cm³/mol. The summed E-state index contributed by atoms with van der Waals surface area (Å²) in [5.41, 5.74) is 3.47. The molecule has 1 aliphatic rings. The van der Waals surface area contributed by atoms with Crippen molar-refractivity contribution in [3.05, 3.63) is 106 Å². The molecule has 0 saturated carbocycles. The minimum atomic E-state index is -1.17. The Bertz CT molecular complexity index is 1810. The van der Waals surface area contributed by atoms with E-state index in [0.717, 1.165) is 33.9 Å². The van der Waals surface area contributed by atoms with Crippen LogP contribution in [0.5, 0.6) is 0 Å². The maximum atomic E-state index is 13.4. The van der Waals surface area contributed by atoms with Gasteiger partial charge in [-0.15, -0.1) is 5.10 Å². The zero-order chi connectivity index (χ0) is 25.1. The first-order valence-corrected chi connectivity index (χ1v) is 11.6. The number of aryl methyl sites for hydroxylation is 1. The lowest BCUT2D eigenvalue weighted by Crippen LogP contribution is -2.51. The lowest BCUT2D eigenvalue weighted by atomic mass is 9.79. The first-order chi connectivity index (χ1) is 18.0. The summed E-state index contributed by atoms with van der Waals surface area (Å²) in [4.78, 5) is 27.9. The summed E-state index contributed by atoms with van der Waals surface area (Å²) in [7, 11) is 1.82. The third kappa shape index (κ3) is 3.26. The highest BCUT2D eigenvalue weighted by Crippen LogP contribution is 2.45. The lowest BCUT2D eigenvalue weighted by Gasteiger charge is -2.38. The van der Waals surface area contributed by atoms with Crippen LogP contribution in [0.4, 0.5) is 4.39 Å². The number of fused-ring (bicyclic) bond motifs is 3. The molecule has 2 atom stereocenters. The van der Waals surface area contributed by atoms with E-state index in [1.807, 2.05) is 31.4 Å². The molecule has 0 spiro atoms. The van der Waals surface area contributed by atoms with Crippen LogP contribution in [0.25, 0.3) is 22.3 Å². The van der Waals surface area contributed by atoms with Gasteiger partial charge in [0.25, 0.3) is 0 Å². The van der Waals surface area contributed by atoms with Crippen molar-refractivity contribution in [3.63, 3.8) is 0 Å². The zero-order valence-corrected chi connectivity index (χ0v) is 19.5. The molecule has 0 amide bonds. The van der Waals surface area contributed by atoms with Crippen LogP contribution in [0.15, 0.2) is 70.4 Å². The molecule has 6 aromatic rings. The van der Waals surface area contributed by atoms with Gasteiger partial charge in [0.1, 0.15) is 17.3 Å². The number of nitrogens with zero attached hydrogens (tertiary/aromatic N) is 5. The molecular formula is C25H20FN9O2. The van der Waals surface area contributed by atoms with Crippen LogP contribution in [0.2, 0.25) is 0 Å². The van der Waals surface area contributed by atoms with Gasteiger partial charge in [0.05, 0.1) is 29.8 Å². The zero-order valence-electron chi connectivity index (χ0n) is 19.5. The summed E-state index contributed by atoms with van der Waals surface area (Å²) in [6.45, 7) is 0. The Morgan fingerprint density at radius 3 is 2.81 bits per heavy atom. The van der Waals surface area contributed by atoms with Gasteiger partial charge in [-0.25, -0.2) is 19.3 Å². The SMILES string of the molecule is Cn1cc(C2(c3n[nH]c(=O)o3)N[C@@H](c3nc(-c4ccc(F)cn4)c[nH]3)Cc3c2[nH]c2ccccc32)cn1. The Balaban J connectivity index is 1.45. The van der Waals surface area contributed by atoms with Crippen molar-refractivity contribution < 1.29 is 8.81 Å². The molecule has 7 rings (SSSR count). The number of hydrogen-bond acceptors (Lipinski definition) is 7. The van der Waals surface area contributed by atoms with Gasteiger partial charge in [0.15, 0.2) is 5.54 Å². The van der Waals surface area contributed by atoms with E-state index >= 15 is 0 Å². The third-order valence-electron chi connectivity index (χ3n) is 6.80. The van der Waals surface area contributed by atoms with Crippen molar-refractivity contribution in [2.75, 3.05) is 0 Å². The van der Waals surface area contributed by atoms with Crippen LogP contribution in [0.3, 0.4) is 0 Å². The van der Waals surface area contributed by atoms with Crippen LogP contribution in [0, 0.1) is 5.82 Å². The van der Waals surface area contributed by atoms with Gasteiger partial charge < -0.3 is 14.4 Å². The Kier molecular flexibility index (Phi) is 4.54. The van der Waals surface area contributed by atoms with E-state index in [4.69, 9.17) is 9.40 Å². The molecule has 0 aliphatic carbocycles. The molecule has 4 N–H and O–H groups in total. The molecule has 5 aromatic heterocycles. The summed E-state index contributed by atoms with van der Waals surface area (Å²) >= 11 is 0. The lowest BCUT2D eigenvalue weighted by molar-refractivity contribution is 0.284. The van der Waals surface area contributed by atoms with Gasteiger partial charge in [0.2, 0.25) is 5.89 Å². The molecule has 37 heavy (non-hydrogen) atoms. The molecular weight excluding hydrogens is 477 g/mol. The average Bonchev–Trinajstić information content (AvgIpc) is 3.70. The summed E-state index contributed by atoms with van der Waals surface area (Å²) in [5.74, 6) is -0.289. The molecule has 0 radical (unpaired) electrons. The molecule has 0 saturated heterocycles. The fourth-order valence-electron chi connectivity index (χ4n) is 5.18. The summed E-state index contributed by atoms with van der Waals surface area (Å²) < 4.78 is 20.7. The van der Waals surface area contributed by atoms with Crippen LogP contribution in [0.1, 0.15) is 34.6 Å². The summed E-state index contributed by atoms with van der Waals surface area (Å²) in [6.07, 6.45) is 7.06. The van der Waals surface area contributed by atoms with E-state index in [-0.39, 0.29) is 11.9 Å². The maximum absolute atomic E-state index is 13.4. The number of halogens is 1. The molecule has 11 nitrogen and oxygen atoms in total. The van der Waals surface area contributed by atoms with Gasteiger partial charge in [-0.05, 0) is 30.2 Å². The molecule has 184 valence electrons. The minimum Gasteiger partial charge on any atom is -0.390 e. The van der Waals surface area contributed by atoms with Gasteiger partial charge in [-0.2, -0.15) is 5.10 Å². The van der Waals surface area contributed by atoms with Crippen molar-refractivity contribution in [2.24, 2.45) is 7.05 Å². The molecule has 12 heteroatoms. The van der Waals surface area contributed by atoms with E-state index in [0.29, 0.717) is 23.6 Å². The third-order valence-corrected chi connectivity index (χ3v) is 6.80. The maximum Gasteiger partial charge on any atom is 0.434 e. The number of nitrogens with one attached hydrogen (secondary N) is 4. The fourth-order valence-corrected chi connectivity index (χ4v) is 5.18. The Morgan fingerprint density at radius 2 is 2.05 bits per heavy atom. The highest BCUT2D eigenvalue weighted by molar-refractivity contribution is 5.86. The van der Waals surface area contributed by atoms with Crippen molar-refractivity contribution >= 4 is 10.9 Å². The van der Waals surface area contributed by atoms with Crippen molar-refractivity contribution in [1.29, 1.82) is 0 Å². The van der Waals surface area contributed by atoms with Gasteiger partial charge in [-0.1, -0.05) is 18.2 Å². The molecule has 1 aromatic carbocycles. The fraction of sp³-hybridized carbons (Fsp3) is 0.160. The second-order valence-electron chi connectivity index (χ2n) is 9.03. The number of rotatable bonds is 4. The first kappa shape index (κ1) is 21.4. The number of hydrogen-bond donors (Lipinski definition) is 4. The number of aromatic nitrogens is 8. The average molecular weight is 497 g/mol.